The summed E-state index contributed by atoms with van der Waals surface area (Å²) >= 11 is 0. The van der Waals surface area contributed by atoms with Gasteiger partial charge in [-0.2, -0.15) is 0 Å². The zero-order valence-electron chi connectivity index (χ0n) is 33.4. The Hall–Kier alpha value is -4.86. The Balaban J connectivity index is 1.71. The second-order valence-electron chi connectivity index (χ2n) is 14.4. The van der Waals surface area contributed by atoms with Crippen LogP contribution in [-0.4, -0.2) is 61.8 Å². The topological polar surface area (TPSA) is 141 Å². The van der Waals surface area contributed by atoms with Crippen molar-refractivity contribution in [3.05, 3.63) is 77.4 Å². The SMILES string of the molecule is CCC(C)CCCCCCCCCCC(=O)OCC(Cc1ccc(O)c(OC)c1)C(COC(=O)C=Cc1ccc(O)c(OC)c1)Cc1ccc(O)c(OC)c1. The first-order valence-electron chi connectivity index (χ1n) is 19.7. The van der Waals surface area contributed by atoms with Crippen molar-refractivity contribution in [2.45, 2.75) is 97.3 Å². The van der Waals surface area contributed by atoms with Gasteiger partial charge >= 0.3 is 11.9 Å². The number of hydrogen-bond acceptors (Lipinski definition) is 10. The molecule has 0 aliphatic heterocycles. The van der Waals surface area contributed by atoms with Gasteiger partial charge in [0.1, 0.15) is 0 Å². The van der Waals surface area contributed by atoms with Gasteiger partial charge in [0.05, 0.1) is 34.5 Å². The fourth-order valence-electron chi connectivity index (χ4n) is 6.53. The Morgan fingerprint density at radius 2 is 1.11 bits per heavy atom. The van der Waals surface area contributed by atoms with Gasteiger partial charge in [0.15, 0.2) is 34.5 Å². The van der Waals surface area contributed by atoms with E-state index in [9.17, 15) is 24.9 Å². The molecule has 3 atom stereocenters. The number of phenolic OH excluding ortho intramolecular Hbond substituents is 3. The molecule has 55 heavy (non-hydrogen) atoms. The molecule has 0 saturated carbocycles. The predicted octanol–water partition coefficient (Wildman–Crippen LogP) is 9.59. The second-order valence-corrected chi connectivity index (χ2v) is 14.4. The van der Waals surface area contributed by atoms with E-state index in [2.05, 4.69) is 13.8 Å². The lowest BCUT2D eigenvalue weighted by Crippen LogP contribution is -2.30. The first-order valence-corrected chi connectivity index (χ1v) is 19.7. The Labute approximate surface area is 327 Å². The molecule has 3 N–H and O–H groups in total. The van der Waals surface area contributed by atoms with Crippen LogP contribution in [0.1, 0.15) is 101 Å². The monoisotopic (exact) mass is 762 g/mol. The van der Waals surface area contributed by atoms with Crippen LogP contribution in [0, 0.1) is 17.8 Å². The standard InChI is InChI=1S/C45H62O10/c1-6-32(2)15-13-11-9-7-8-10-12-14-16-44(49)54-30-36(25-34-18-22-39(47)42(28-34)52-4)37(26-35-19-23-40(48)43(29-35)53-5)31-55-45(50)24-20-33-17-21-38(46)41(27-33)51-3/h17-24,27-29,32,36-37,46-48H,6-16,25-26,30-31H2,1-5H3. The number of carbonyl (C=O) groups excluding carboxylic acids is 2. The lowest BCUT2D eigenvalue weighted by Gasteiger charge is -2.27. The van der Waals surface area contributed by atoms with E-state index in [0.29, 0.717) is 36.3 Å². The number of methoxy groups -OCH3 is 3. The molecule has 0 aromatic heterocycles. The fourth-order valence-corrected chi connectivity index (χ4v) is 6.53. The van der Waals surface area contributed by atoms with E-state index in [1.165, 1.54) is 78.4 Å². The maximum atomic E-state index is 13.0. The number of phenols is 3. The summed E-state index contributed by atoms with van der Waals surface area (Å²) in [6.07, 6.45) is 15.7. The smallest absolute Gasteiger partial charge is 0.330 e. The van der Waals surface area contributed by atoms with E-state index >= 15 is 0 Å². The van der Waals surface area contributed by atoms with Gasteiger partial charge in [-0.25, -0.2) is 4.79 Å². The number of rotatable bonds is 26. The highest BCUT2D eigenvalue weighted by atomic mass is 16.5. The van der Waals surface area contributed by atoms with Crippen molar-refractivity contribution in [1.82, 2.24) is 0 Å². The van der Waals surface area contributed by atoms with Crippen LogP contribution in [0.5, 0.6) is 34.5 Å². The summed E-state index contributed by atoms with van der Waals surface area (Å²) < 4.78 is 27.6. The minimum atomic E-state index is -0.575. The third kappa shape index (κ3) is 16.2. The van der Waals surface area contributed by atoms with Crippen molar-refractivity contribution >= 4 is 18.0 Å². The van der Waals surface area contributed by atoms with Gasteiger partial charge in [0, 0.05) is 24.3 Å². The van der Waals surface area contributed by atoms with Gasteiger partial charge in [-0.05, 0) is 84.3 Å². The van der Waals surface area contributed by atoms with Crippen LogP contribution in [0.25, 0.3) is 6.08 Å². The fraction of sp³-hybridized carbons (Fsp3) is 0.511. The molecule has 0 amide bonds. The molecule has 0 heterocycles. The zero-order valence-corrected chi connectivity index (χ0v) is 33.4. The first-order chi connectivity index (χ1) is 26.6. The van der Waals surface area contributed by atoms with Crippen LogP contribution in [0.2, 0.25) is 0 Å². The minimum Gasteiger partial charge on any atom is -0.504 e. The highest BCUT2D eigenvalue weighted by Gasteiger charge is 2.27. The van der Waals surface area contributed by atoms with E-state index in [0.717, 1.165) is 36.3 Å². The number of hydrogen-bond donors (Lipinski definition) is 3. The Bertz CT molecular complexity index is 1630. The van der Waals surface area contributed by atoms with Crippen LogP contribution in [0.3, 0.4) is 0 Å². The maximum Gasteiger partial charge on any atom is 0.330 e. The number of benzene rings is 3. The molecule has 302 valence electrons. The predicted molar refractivity (Wildman–Crippen MR) is 215 cm³/mol. The highest BCUT2D eigenvalue weighted by Crippen LogP contribution is 2.32. The van der Waals surface area contributed by atoms with Crippen LogP contribution in [-0.2, 0) is 31.9 Å². The summed E-state index contributed by atoms with van der Waals surface area (Å²) in [6, 6.07) is 14.9. The number of carbonyl (C=O) groups is 2. The molecule has 3 aromatic carbocycles. The molecule has 0 saturated heterocycles. The van der Waals surface area contributed by atoms with Gasteiger partial charge in [-0.1, -0.05) is 89.8 Å². The number of ether oxygens (including phenoxy) is 5. The summed E-state index contributed by atoms with van der Waals surface area (Å²) in [4.78, 5) is 26.1. The van der Waals surface area contributed by atoms with Gasteiger partial charge in [-0.15, -0.1) is 0 Å². The lowest BCUT2D eigenvalue weighted by molar-refractivity contribution is -0.147. The molecule has 0 aliphatic rings. The number of unbranched alkanes of at least 4 members (excludes halogenated alkanes) is 7. The molecule has 0 spiro atoms. The molecular formula is C45H62O10. The summed E-state index contributed by atoms with van der Waals surface area (Å²) in [5.41, 5.74) is 2.31. The third-order valence-corrected chi connectivity index (χ3v) is 10.2. The Morgan fingerprint density at radius 3 is 1.64 bits per heavy atom. The zero-order chi connectivity index (χ0) is 40.0. The first kappa shape index (κ1) is 44.5. The van der Waals surface area contributed by atoms with Crippen molar-refractivity contribution in [2.24, 2.45) is 17.8 Å². The van der Waals surface area contributed by atoms with Gasteiger partial charge in [0.2, 0.25) is 0 Å². The molecule has 0 bridgehead atoms. The molecule has 3 aromatic rings. The summed E-state index contributed by atoms with van der Waals surface area (Å²) in [7, 11) is 4.40. The maximum absolute atomic E-state index is 13.0. The number of aromatic hydroxyl groups is 3. The molecule has 0 fully saturated rings. The molecule has 10 heteroatoms. The lowest BCUT2D eigenvalue weighted by atomic mass is 9.83. The molecule has 3 unspecified atom stereocenters. The van der Waals surface area contributed by atoms with E-state index in [4.69, 9.17) is 23.7 Å². The van der Waals surface area contributed by atoms with Crippen molar-refractivity contribution in [3.63, 3.8) is 0 Å². The van der Waals surface area contributed by atoms with Crippen LogP contribution < -0.4 is 14.2 Å². The van der Waals surface area contributed by atoms with Crippen molar-refractivity contribution in [2.75, 3.05) is 34.5 Å². The molecule has 10 nitrogen and oxygen atoms in total. The molecular weight excluding hydrogens is 700 g/mol. The summed E-state index contributed by atoms with van der Waals surface area (Å²) in [5, 5.41) is 30.4. The highest BCUT2D eigenvalue weighted by molar-refractivity contribution is 5.87. The largest absolute Gasteiger partial charge is 0.504 e. The van der Waals surface area contributed by atoms with E-state index < -0.39 is 5.97 Å². The van der Waals surface area contributed by atoms with Gasteiger partial charge in [-0.3, -0.25) is 4.79 Å². The average molecular weight is 763 g/mol. The minimum absolute atomic E-state index is 0.000327. The Kier molecular flexibility index (Phi) is 19.9. The normalized spacial score (nSPS) is 12.9. The van der Waals surface area contributed by atoms with Gasteiger partial charge < -0.3 is 39.0 Å². The molecule has 3 rings (SSSR count). The Morgan fingerprint density at radius 1 is 0.636 bits per heavy atom. The quantitative estimate of drug-likeness (QED) is 0.0411. The van der Waals surface area contributed by atoms with E-state index in [-0.39, 0.29) is 54.0 Å². The molecule has 0 radical (unpaired) electrons. The van der Waals surface area contributed by atoms with E-state index in [1.807, 2.05) is 0 Å². The third-order valence-electron chi connectivity index (χ3n) is 10.2. The van der Waals surface area contributed by atoms with Crippen LogP contribution >= 0.6 is 0 Å². The van der Waals surface area contributed by atoms with Crippen LogP contribution in [0.15, 0.2) is 60.7 Å². The van der Waals surface area contributed by atoms with Gasteiger partial charge in [0.25, 0.3) is 0 Å². The van der Waals surface area contributed by atoms with E-state index in [1.54, 1.807) is 54.6 Å². The summed E-state index contributed by atoms with van der Waals surface area (Å²) in [6.45, 7) is 4.66. The van der Waals surface area contributed by atoms with Crippen molar-refractivity contribution in [3.8, 4) is 34.5 Å². The van der Waals surface area contributed by atoms with Crippen LogP contribution in [0.4, 0.5) is 0 Å². The van der Waals surface area contributed by atoms with Crippen molar-refractivity contribution in [1.29, 1.82) is 0 Å². The second kappa shape index (κ2) is 24.5. The summed E-state index contributed by atoms with van der Waals surface area (Å²) in [5.74, 6) is 0.240. The average Bonchev–Trinajstić information content (AvgIpc) is 3.19. The van der Waals surface area contributed by atoms with Crippen molar-refractivity contribution < 1.29 is 48.6 Å². The number of esters is 2. The molecule has 0 aliphatic carbocycles.